The molecule has 0 aliphatic carbocycles. The number of unbranched alkanes of at least 4 members (excludes halogenated alkanes) is 1. The van der Waals surface area contributed by atoms with Gasteiger partial charge in [0, 0.05) is 24.4 Å². The van der Waals surface area contributed by atoms with Crippen LogP contribution >= 0.6 is 0 Å². The Balaban J connectivity index is 1.52. The fourth-order valence-corrected chi connectivity index (χ4v) is 4.10. The van der Waals surface area contributed by atoms with E-state index in [1.54, 1.807) is 7.05 Å². The van der Waals surface area contributed by atoms with Gasteiger partial charge in [-0.1, -0.05) is 31.5 Å². The normalized spacial score (nSPS) is 13.1. The zero-order valence-electron chi connectivity index (χ0n) is 21.1. The van der Waals surface area contributed by atoms with Gasteiger partial charge in [-0.2, -0.15) is 4.80 Å². The van der Waals surface area contributed by atoms with Crippen molar-refractivity contribution in [1.82, 2.24) is 20.2 Å². The standard InChI is InChI=1S/C27H33N5O4/c1-4-5-14-35-15-16-36-24-9-6-20(7-10-24)21-8-11-25-23(17-21)18-22(27(33)34-3)12-13-32(25)19-26-28-30-31(2)29-26/h6-11,17-18H,4-5,12-16,19H2,1-3H3. The highest BCUT2D eigenvalue weighted by Crippen LogP contribution is 2.33. The Morgan fingerprint density at radius 2 is 1.86 bits per heavy atom. The Morgan fingerprint density at radius 1 is 1.06 bits per heavy atom. The number of carbonyl (C=O) groups excluding carboxylic acids is 1. The highest BCUT2D eigenvalue weighted by molar-refractivity contribution is 5.96. The van der Waals surface area contributed by atoms with Crippen LogP contribution in [0.5, 0.6) is 5.75 Å². The van der Waals surface area contributed by atoms with Crippen LogP contribution in [0.1, 0.15) is 37.6 Å². The summed E-state index contributed by atoms with van der Waals surface area (Å²) in [5, 5.41) is 12.4. The number of tetrazole rings is 1. The second-order valence-electron chi connectivity index (χ2n) is 8.64. The average molecular weight is 492 g/mol. The van der Waals surface area contributed by atoms with Crippen LogP contribution in [-0.4, -0.2) is 59.7 Å². The lowest BCUT2D eigenvalue weighted by atomic mass is 10.00. The molecule has 1 aromatic heterocycles. The minimum Gasteiger partial charge on any atom is -0.491 e. The molecule has 0 radical (unpaired) electrons. The quantitative estimate of drug-likeness (QED) is 0.293. The van der Waals surface area contributed by atoms with E-state index in [0.29, 0.717) is 44.1 Å². The van der Waals surface area contributed by atoms with Gasteiger partial charge < -0.3 is 19.1 Å². The van der Waals surface area contributed by atoms with Crippen LogP contribution in [0.4, 0.5) is 5.69 Å². The van der Waals surface area contributed by atoms with Crippen molar-refractivity contribution in [1.29, 1.82) is 0 Å². The predicted molar refractivity (Wildman–Crippen MR) is 138 cm³/mol. The summed E-state index contributed by atoms with van der Waals surface area (Å²) in [7, 11) is 3.15. The van der Waals surface area contributed by atoms with Crippen LogP contribution in [0.2, 0.25) is 0 Å². The van der Waals surface area contributed by atoms with Crippen molar-refractivity contribution >= 4 is 17.7 Å². The summed E-state index contributed by atoms with van der Waals surface area (Å²) in [6.07, 6.45) is 4.68. The maximum absolute atomic E-state index is 12.4. The first-order chi connectivity index (χ1) is 17.6. The number of methoxy groups -OCH3 is 1. The number of ether oxygens (including phenoxy) is 3. The van der Waals surface area contributed by atoms with Crippen LogP contribution in [0.15, 0.2) is 48.0 Å². The first-order valence-corrected chi connectivity index (χ1v) is 12.3. The second-order valence-corrected chi connectivity index (χ2v) is 8.64. The molecule has 9 nitrogen and oxygen atoms in total. The number of esters is 1. The molecule has 0 amide bonds. The molecule has 9 heteroatoms. The number of aromatic nitrogens is 4. The lowest BCUT2D eigenvalue weighted by molar-refractivity contribution is -0.136. The molecule has 190 valence electrons. The fraction of sp³-hybridized carbons (Fsp3) is 0.407. The summed E-state index contributed by atoms with van der Waals surface area (Å²) in [5.41, 5.74) is 4.69. The number of hydrogen-bond acceptors (Lipinski definition) is 8. The van der Waals surface area contributed by atoms with Crippen LogP contribution < -0.4 is 9.64 Å². The summed E-state index contributed by atoms with van der Waals surface area (Å²) < 4.78 is 16.4. The van der Waals surface area contributed by atoms with Crippen LogP contribution in [0.3, 0.4) is 0 Å². The van der Waals surface area contributed by atoms with Gasteiger partial charge in [-0.25, -0.2) is 4.79 Å². The van der Waals surface area contributed by atoms with Gasteiger partial charge in [0.05, 0.1) is 27.3 Å². The van der Waals surface area contributed by atoms with Crippen LogP contribution in [0, 0.1) is 0 Å². The Labute approximate surface area is 211 Å². The second kappa shape index (κ2) is 12.3. The van der Waals surface area contributed by atoms with E-state index in [1.807, 2.05) is 30.3 Å². The number of hydrogen-bond donors (Lipinski definition) is 0. The minimum absolute atomic E-state index is 0.314. The van der Waals surface area contributed by atoms with Crippen LogP contribution in [0.25, 0.3) is 17.2 Å². The lowest BCUT2D eigenvalue weighted by Gasteiger charge is -2.24. The SMILES string of the molecule is CCCCOCCOc1ccc(-c2ccc3c(c2)C=C(C(=O)OC)CCN3Cc2nnn(C)n2)cc1. The van der Waals surface area contributed by atoms with Crippen molar-refractivity contribution < 1.29 is 19.0 Å². The number of anilines is 1. The van der Waals surface area contributed by atoms with Gasteiger partial charge in [0.2, 0.25) is 0 Å². The van der Waals surface area contributed by atoms with Crippen molar-refractivity contribution in [3.8, 4) is 16.9 Å². The van der Waals surface area contributed by atoms with Gasteiger partial charge in [-0.3, -0.25) is 0 Å². The van der Waals surface area contributed by atoms with E-state index in [0.717, 1.165) is 47.6 Å². The third kappa shape index (κ3) is 6.48. The van der Waals surface area contributed by atoms with Crippen molar-refractivity contribution in [2.45, 2.75) is 32.7 Å². The third-order valence-electron chi connectivity index (χ3n) is 6.00. The Bertz CT molecular complexity index is 1190. The largest absolute Gasteiger partial charge is 0.491 e. The topological polar surface area (TPSA) is 91.6 Å². The zero-order chi connectivity index (χ0) is 25.3. The molecular weight excluding hydrogens is 458 g/mol. The van der Waals surface area contributed by atoms with E-state index in [-0.39, 0.29) is 5.97 Å². The van der Waals surface area contributed by atoms with Gasteiger partial charge >= 0.3 is 5.97 Å². The van der Waals surface area contributed by atoms with Crippen molar-refractivity contribution in [2.24, 2.45) is 7.05 Å². The summed E-state index contributed by atoms with van der Waals surface area (Å²) in [6.45, 7) is 5.17. The number of carbonyl (C=O) groups is 1. The van der Waals surface area contributed by atoms with E-state index in [1.165, 1.54) is 11.9 Å². The smallest absolute Gasteiger partial charge is 0.333 e. The molecule has 36 heavy (non-hydrogen) atoms. The summed E-state index contributed by atoms with van der Waals surface area (Å²) in [4.78, 5) is 16.0. The van der Waals surface area contributed by atoms with Gasteiger partial charge in [0.1, 0.15) is 12.4 Å². The maximum Gasteiger partial charge on any atom is 0.333 e. The molecule has 0 spiro atoms. The number of nitrogens with zero attached hydrogens (tertiary/aromatic N) is 5. The molecule has 0 unspecified atom stereocenters. The molecule has 0 fully saturated rings. The van der Waals surface area contributed by atoms with E-state index >= 15 is 0 Å². The van der Waals surface area contributed by atoms with Gasteiger partial charge in [0.15, 0.2) is 5.82 Å². The Morgan fingerprint density at radius 3 is 2.58 bits per heavy atom. The van der Waals surface area contributed by atoms with Crippen LogP contribution in [-0.2, 0) is 27.9 Å². The van der Waals surface area contributed by atoms with Crippen molar-refractivity contribution in [3.63, 3.8) is 0 Å². The van der Waals surface area contributed by atoms with E-state index in [4.69, 9.17) is 14.2 Å². The lowest BCUT2D eigenvalue weighted by Crippen LogP contribution is -2.25. The first kappa shape index (κ1) is 25.4. The Hall–Kier alpha value is -3.72. The van der Waals surface area contributed by atoms with Gasteiger partial charge in [-0.05, 0) is 65.1 Å². The number of rotatable bonds is 11. The highest BCUT2D eigenvalue weighted by atomic mass is 16.5. The molecule has 3 aromatic rings. The average Bonchev–Trinajstić information content (AvgIpc) is 3.22. The van der Waals surface area contributed by atoms with E-state index in [9.17, 15) is 4.79 Å². The molecule has 0 N–H and O–H groups in total. The third-order valence-corrected chi connectivity index (χ3v) is 6.00. The molecule has 0 bridgehead atoms. The van der Waals surface area contributed by atoms with Gasteiger partial charge in [0.25, 0.3) is 0 Å². The Kier molecular flexibility index (Phi) is 8.67. The number of aryl methyl sites for hydroxylation is 1. The molecule has 2 heterocycles. The number of benzene rings is 2. The maximum atomic E-state index is 12.4. The van der Waals surface area contributed by atoms with Gasteiger partial charge in [-0.15, -0.1) is 10.2 Å². The predicted octanol–water partition coefficient (Wildman–Crippen LogP) is 4.04. The molecule has 0 saturated carbocycles. The summed E-state index contributed by atoms with van der Waals surface area (Å²) in [5.74, 6) is 1.12. The highest BCUT2D eigenvalue weighted by Gasteiger charge is 2.21. The minimum atomic E-state index is -0.314. The zero-order valence-corrected chi connectivity index (χ0v) is 21.1. The first-order valence-electron chi connectivity index (χ1n) is 12.3. The molecule has 2 aromatic carbocycles. The monoisotopic (exact) mass is 491 g/mol. The number of fused-ring (bicyclic) bond motifs is 1. The molecule has 4 rings (SSSR count). The molecule has 0 atom stereocenters. The fourth-order valence-electron chi connectivity index (χ4n) is 4.10. The van der Waals surface area contributed by atoms with E-state index in [2.05, 4.69) is 45.4 Å². The summed E-state index contributed by atoms with van der Waals surface area (Å²) in [6, 6.07) is 14.3. The molecule has 1 aliphatic rings. The van der Waals surface area contributed by atoms with Crippen molar-refractivity contribution in [2.75, 3.05) is 38.4 Å². The summed E-state index contributed by atoms with van der Waals surface area (Å²) >= 11 is 0. The molecule has 1 aliphatic heterocycles. The molecular formula is C27H33N5O4. The van der Waals surface area contributed by atoms with Crippen molar-refractivity contribution in [3.05, 3.63) is 59.4 Å². The van der Waals surface area contributed by atoms with E-state index < -0.39 is 0 Å². The molecule has 0 saturated heterocycles.